The molecule has 0 aliphatic carbocycles. The van der Waals surface area contributed by atoms with Crippen molar-refractivity contribution in [1.29, 1.82) is 0 Å². The summed E-state index contributed by atoms with van der Waals surface area (Å²) in [6.07, 6.45) is 0.868. The molecule has 1 aliphatic rings. The first kappa shape index (κ1) is 10.9. The van der Waals surface area contributed by atoms with Crippen LogP contribution in [0.2, 0.25) is 0 Å². The van der Waals surface area contributed by atoms with Gasteiger partial charge in [0, 0.05) is 19.6 Å². The quantitative estimate of drug-likeness (QED) is 0.543. The summed E-state index contributed by atoms with van der Waals surface area (Å²) in [5, 5.41) is 27.7. The first-order valence-corrected chi connectivity index (χ1v) is 4.79. The molecule has 13 heavy (non-hydrogen) atoms. The molecule has 4 heteroatoms. The fourth-order valence-corrected chi connectivity index (χ4v) is 1.68. The van der Waals surface area contributed by atoms with Gasteiger partial charge < -0.3 is 20.2 Å². The van der Waals surface area contributed by atoms with E-state index >= 15 is 0 Å². The van der Waals surface area contributed by atoms with Gasteiger partial charge in [-0.3, -0.25) is 0 Å². The van der Waals surface area contributed by atoms with Gasteiger partial charge >= 0.3 is 0 Å². The van der Waals surface area contributed by atoms with E-state index in [-0.39, 0.29) is 12.7 Å². The van der Waals surface area contributed by atoms with Gasteiger partial charge in [-0.15, -0.1) is 0 Å². The van der Waals surface area contributed by atoms with E-state index in [9.17, 15) is 5.11 Å². The van der Waals surface area contributed by atoms with Crippen LogP contribution in [0.3, 0.4) is 0 Å². The van der Waals surface area contributed by atoms with Gasteiger partial charge in [-0.2, -0.15) is 0 Å². The van der Waals surface area contributed by atoms with Crippen molar-refractivity contribution in [2.75, 3.05) is 26.2 Å². The molecular formula is C9H19NO3. The third-order valence-corrected chi connectivity index (χ3v) is 2.60. The number of hydrogen-bond donors (Lipinski definition) is 3. The Labute approximate surface area is 78.8 Å². The van der Waals surface area contributed by atoms with Crippen LogP contribution in [-0.2, 0) is 0 Å². The number of likely N-dealkylation sites (tertiary alicyclic amines) is 1. The fourth-order valence-electron chi connectivity index (χ4n) is 1.68. The van der Waals surface area contributed by atoms with Crippen molar-refractivity contribution in [3.8, 4) is 0 Å². The minimum Gasteiger partial charge on any atom is -0.393 e. The highest BCUT2D eigenvalue weighted by Crippen LogP contribution is 2.21. The number of hydrogen-bond acceptors (Lipinski definition) is 4. The Morgan fingerprint density at radius 1 is 1.38 bits per heavy atom. The van der Waals surface area contributed by atoms with Crippen LogP contribution in [0.1, 0.15) is 19.8 Å². The fraction of sp³-hybridized carbons (Fsp3) is 1.00. The van der Waals surface area contributed by atoms with Crippen LogP contribution in [0.15, 0.2) is 0 Å². The van der Waals surface area contributed by atoms with Crippen LogP contribution in [-0.4, -0.2) is 58.2 Å². The molecule has 4 nitrogen and oxygen atoms in total. The topological polar surface area (TPSA) is 63.9 Å². The summed E-state index contributed by atoms with van der Waals surface area (Å²) in [4.78, 5) is 2.11. The zero-order valence-electron chi connectivity index (χ0n) is 8.11. The molecule has 0 aromatic heterocycles. The highest BCUT2D eigenvalue weighted by molar-refractivity contribution is 4.85. The maximum absolute atomic E-state index is 9.69. The minimum absolute atomic E-state index is 0.157. The van der Waals surface area contributed by atoms with Crippen molar-refractivity contribution in [3.05, 3.63) is 0 Å². The van der Waals surface area contributed by atoms with E-state index in [1.54, 1.807) is 6.92 Å². The highest BCUT2D eigenvalue weighted by atomic mass is 16.3. The van der Waals surface area contributed by atoms with Gasteiger partial charge in [0.25, 0.3) is 0 Å². The molecule has 0 bridgehead atoms. The molecule has 0 saturated carbocycles. The molecule has 1 atom stereocenters. The van der Waals surface area contributed by atoms with Crippen LogP contribution in [0, 0.1) is 0 Å². The molecule has 1 heterocycles. The molecule has 1 rings (SSSR count). The smallest absolute Gasteiger partial charge is 0.0901 e. The highest BCUT2D eigenvalue weighted by Gasteiger charge is 2.31. The number of aliphatic hydroxyl groups excluding tert-OH is 2. The number of aliphatic hydroxyl groups is 3. The molecule has 0 aromatic rings. The van der Waals surface area contributed by atoms with Crippen LogP contribution >= 0.6 is 0 Å². The van der Waals surface area contributed by atoms with Gasteiger partial charge in [-0.1, -0.05) is 0 Å². The Morgan fingerprint density at radius 3 is 2.31 bits per heavy atom. The largest absolute Gasteiger partial charge is 0.393 e. The Morgan fingerprint density at radius 2 is 1.92 bits per heavy atom. The third-order valence-electron chi connectivity index (χ3n) is 2.60. The molecule has 1 fully saturated rings. The average Bonchev–Trinajstić information content (AvgIpc) is 2.09. The predicted octanol–water partition coefficient (Wildman–Crippen LogP) is -0.814. The summed E-state index contributed by atoms with van der Waals surface area (Å²) >= 11 is 0. The number of nitrogens with zero attached hydrogens (tertiary/aromatic N) is 1. The summed E-state index contributed by atoms with van der Waals surface area (Å²) in [6.45, 7) is 3.76. The van der Waals surface area contributed by atoms with E-state index < -0.39 is 5.60 Å². The molecule has 0 aromatic carbocycles. The van der Waals surface area contributed by atoms with E-state index in [2.05, 4.69) is 4.90 Å². The second-order valence-electron chi connectivity index (χ2n) is 4.03. The van der Waals surface area contributed by atoms with Gasteiger partial charge in [0.1, 0.15) is 0 Å². The van der Waals surface area contributed by atoms with E-state index in [1.807, 2.05) is 0 Å². The molecule has 0 radical (unpaired) electrons. The first-order chi connectivity index (χ1) is 6.06. The van der Waals surface area contributed by atoms with Crippen molar-refractivity contribution in [3.63, 3.8) is 0 Å². The molecule has 3 N–H and O–H groups in total. The molecular weight excluding hydrogens is 170 g/mol. The number of rotatable bonds is 3. The molecule has 1 aliphatic heterocycles. The molecule has 1 saturated heterocycles. The lowest BCUT2D eigenvalue weighted by molar-refractivity contribution is -0.0635. The summed E-state index contributed by atoms with van der Waals surface area (Å²) in [5.74, 6) is 0. The van der Waals surface area contributed by atoms with Crippen LogP contribution in [0.25, 0.3) is 0 Å². The molecule has 78 valence electrons. The lowest BCUT2D eigenvalue weighted by Crippen LogP contribution is -2.48. The monoisotopic (exact) mass is 189 g/mol. The third kappa shape index (κ3) is 3.23. The Balaban J connectivity index is 2.30. The Hall–Kier alpha value is -0.160. The summed E-state index contributed by atoms with van der Waals surface area (Å²) < 4.78 is 0. The van der Waals surface area contributed by atoms with Crippen molar-refractivity contribution < 1.29 is 15.3 Å². The minimum atomic E-state index is -0.880. The van der Waals surface area contributed by atoms with Crippen molar-refractivity contribution in [2.45, 2.75) is 31.5 Å². The van der Waals surface area contributed by atoms with Crippen LogP contribution in [0.4, 0.5) is 0 Å². The zero-order chi connectivity index (χ0) is 9.90. The lowest BCUT2D eigenvalue weighted by atomic mass is 9.92. The maximum atomic E-state index is 9.69. The second kappa shape index (κ2) is 4.37. The van der Waals surface area contributed by atoms with Crippen molar-refractivity contribution >= 4 is 0 Å². The van der Waals surface area contributed by atoms with Crippen molar-refractivity contribution in [1.82, 2.24) is 4.90 Å². The normalized spacial score (nSPS) is 25.8. The van der Waals surface area contributed by atoms with E-state index in [0.717, 1.165) is 13.1 Å². The average molecular weight is 189 g/mol. The maximum Gasteiger partial charge on any atom is 0.0901 e. The van der Waals surface area contributed by atoms with Gasteiger partial charge in [0.15, 0.2) is 0 Å². The van der Waals surface area contributed by atoms with Gasteiger partial charge in [-0.05, 0) is 19.8 Å². The van der Waals surface area contributed by atoms with Crippen molar-refractivity contribution in [2.24, 2.45) is 0 Å². The summed E-state index contributed by atoms with van der Waals surface area (Å²) in [6, 6.07) is 0. The predicted molar refractivity (Wildman–Crippen MR) is 49.4 cm³/mol. The lowest BCUT2D eigenvalue weighted by Gasteiger charge is -2.37. The SMILES string of the molecule is C[C@H](O)CN1CCC(O)(CO)CC1. The Bertz CT molecular complexity index is 153. The number of β-amino-alcohol motifs (C(OH)–C–C–N with tert-alkyl or cyclic N) is 1. The first-order valence-electron chi connectivity index (χ1n) is 4.79. The van der Waals surface area contributed by atoms with Gasteiger partial charge in [0.05, 0.1) is 18.3 Å². The standard InChI is InChI=1S/C9H19NO3/c1-8(12)6-10-4-2-9(13,7-11)3-5-10/h8,11-13H,2-7H2,1H3/t8-/m0/s1. The molecule has 0 amide bonds. The second-order valence-corrected chi connectivity index (χ2v) is 4.03. The molecule has 0 unspecified atom stereocenters. The van der Waals surface area contributed by atoms with Gasteiger partial charge in [0.2, 0.25) is 0 Å². The van der Waals surface area contributed by atoms with Gasteiger partial charge in [-0.25, -0.2) is 0 Å². The van der Waals surface area contributed by atoms with Crippen LogP contribution < -0.4 is 0 Å². The molecule has 0 spiro atoms. The van der Waals surface area contributed by atoms with E-state index in [1.165, 1.54) is 0 Å². The summed E-state index contributed by atoms with van der Waals surface area (Å²) in [7, 11) is 0. The van der Waals surface area contributed by atoms with Crippen LogP contribution in [0.5, 0.6) is 0 Å². The Kier molecular flexibility index (Phi) is 3.67. The number of piperidine rings is 1. The summed E-state index contributed by atoms with van der Waals surface area (Å²) in [5.41, 5.74) is -0.880. The van der Waals surface area contributed by atoms with E-state index in [4.69, 9.17) is 10.2 Å². The van der Waals surface area contributed by atoms with E-state index in [0.29, 0.717) is 19.4 Å². The zero-order valence-corrected chi connectivity index (χ0v) is 8.11.